The van der Waals surface area contributed by atoms with Crippen LogP contribution in [0.2, 0.25) is 0 Å². The predicted octanol–water partition coefficient (Wildman–Crippen LogP) is 2.68. The lowest BCUT2D eigenvalue weighted by Crippen LogP contribution is -2.53. The van der Waals surface area contributed by atoms with Gasteiger partial charge in [0.2, 0.25) is 0 Å². The van der Waals surface area contributed by atoms with Gasteiger partial charge in [0.05, 0.1) is 5.41 Å². The summed E-state index contributed by atoms with van der Waals surface area (Å²) < 4.78 is 0. The predicted molar refractivity (Wildman–Crippen MR) is 52.9 cm³/mol. The number of carbonyl (C=O) groups is 1. The number of carboxylic acids is 1. The first-order valence-electron chi connectivity index (χ1n) is 5.75. The van der Waals surface area contributed by atoms with E-state index in [1.54, 1.807) is 0 Å². The molecule has 0 unspecified atom stereocenters. The van der Waals surface area contributed by atoms with Crippen molar-refractivity contribution in [2.24, 2.45) is 22.7 Å². The van der Waals surface area contributed by atoms with Gasteiger partial charge in [0.15, 0.2) is 0 Å². The molecule has 78 valence electrons. The van der Waals surface area contributed by atoms with E-state index in [1.165, 1.54) is 19.3 Å². The standard InChI is InChI=1S/C12H18O2/c1-11-3-8-2-9(4-11)6-12(5-8,7-11)10(13)14/h8-9H,2-7H2,1H3,(H,13,14)/t8-,9-,11?,12?/m0/s1. The van der Waals surface area contributed by atoms with Crippen LogP contribution in [0.3, 0.4) is 0 Å². The fraction of sp³-hybridized carbons (Fsp3) is 0.917. The summed E-state index contributed by atoms with van der Waals surface area (Å²) in [5.41, 5.74) is 0.0430. The zero-order valence-corrected chi connectivity index (χ0v) is 8.75. The summed E-state index contributed by atoms with van der Waals surface area (Å²) in [6.45, 7) is 2.31. The van der Waals surface area contributed by atoms with Gasteiger partial charge in [-0.15, -0.1) is 0 Å². The zero-order valence-electron chi connectivity index (χ0n) is 8.75. The van der Waals surface area contributed by atoms with Crippen LogP contribution in [-0.2, 0) is 4.79 Å². The van der Waals surface area contributed by atoms with Crippen molar-refractivity contribution in [2.45, 2.75) is 45.4 Å². The van der Waals surface area contributed by atoms with Gasteiger partial charge < -0.3 is 5.11 Å². The number of hydrogen-bond acceptors (Lipinski definition) is 1. The summed E-state index contributed by atoms with van der Waals surface area (Å²) in [6, 6.07) is 0. The molecule has 2 nitrogen and oxygen atoms in total. The van der Waals surface area contributed by atoms with Crippen molar-refractivity contribution in [1.29, 1.82) is 0 Å². The van der Waals surface area contributed by atoms with Gasteiger partial charge in [-0.3, -0.25) is 4.79 Å². The maximum Gasteiger partial charge on any atom is 0.309 e. The first-order valence-corrected chi connectivity index (χ1v) is 5.75. The van der Waals surface area contributed by atoms with Crippen molar-refractivity contribution in [2.75, 3.05) is 0 Å². The topological polar surface area (TPSA) is 37.3 Å². The maximum absolute atomic E-state index is 11.4. The Morgan fingerprint density at radius 3 is 2.21 bits per heavy atom. The first kappa shape index (κ1) is 8.75. The Balaban J connectivity index is 2.00. The van der Waals surface area contributed by atoms with E-state index in [0.717, 1.165) is 31.1 Å². The second-order valence-electron chi connectivity index (χ2n) is 6.36. The largest absolute Gasteiger partial charge is 0.481 e. The number of carboxylic acid groups (broad SMARTS) is 1. The Morgan fingerprint density at radius 1 is 1.21 bits per heavy atom. The zero-order chi connectivity index (χ0) is 9.97. The Hall–Kier alpha value is -0.530. The van der Waals surface area contributed by atoms with E-state index in [9.17, 15) is 9.90 Å². The molecule has 4 aliphatic carbocycles. The minimum atomic E-state index is -0.516. The summed E-state index contributed by atoms with van der Waals surface area (Å²) in [5, 5.41) is 9.39. The third-order valence-electron chi connectivity index (χ3n) is 4.81. The molecule has 4 fully saturated rings. The van der Waals surface area contributed by atoms with Gasteiger partial charge in [-0.25, -0.2) is 0 Å². The van der Waals surface area contributed by atoms with Crippen molar-refractivity contribution in [1.82, 2.24) is 0 Å². The Bertz CT molecular complexity index is 281. The van der Waals surface area contributed by atoms with Crippen LogP contribution in [0, 0.1) is 22.7 Å². The van der Waals surface area contributed by atoms with E-state index in [2.05, 4.69) is 6.92 Å². The normalized spacial score (nSPS) is 54.9. The van der Waals surface area contributed by atoms with E-state index < -0.39 is 5.97 Å². The Morgan fingerprint density at radius 2 is 1.79 bits per heavy atom. The van der Waals surface area contributed by atoms with Crippen LogP contribution < -0.4 is 0 Å². The average Bonchev–Trinajstić information content (AvgIpc) is 1.98. The molecule has 2 atom stereocenters. The van der Waals surface area contributed by atoms with Crippen molar-refractivity contribution in [3.8, 4) is 0 Å². The summed E-state index contributed by atoms with van der Waals surface area (Å²) in [4.78, 5) is 11.4. The van der Waals surface area contributed by atoms with Gasteiger partial charge >= 0.3 is 5.97 Å². The third-order valence-corrected chi connectivity index (χ3v) is 4.81. The molecule has 0 amide bonds. The molecule has 0 radical (unpaired) electrons. The lowest BCUT2D eigenvalue weighted by Gasteiger charge is -2.59. The molecule has 0 aromatic rings. The van der Waals surface area contributed by atoms with Crippen molar-refractivity contribution in [3.63, 3.8) is 0 Å². The quantitative estimate of drug-likeness (QED) is 0.696. The fourth-order valence-corrected chi connectivity index (χ4v) is 4.97. The highest BCUT2D eigenvalue weighted by Crippen LogP contribution is 2.65. The lowest BCUT2D eigenvalue weighted by molar-refractivity contribution is -0.172. The summed E-state index contributed by atoms with van der Waals surface area (Å²) in [5.74, 6) is 0.924. The van der Waals surface area contributed by atoms with Gasteiger partial charge in [0, 0.05) is 0 Å². The van der Waals surface area contributed by atoms with Gasteiger partial charge in [-0.2, -0.15) is 0 Å². The lowest BCUT2D eigenvalue weighted by atomic mass is 9.45. The second-order valence-corrected chi connectivity index (χ2v) is 6.36. The molecule has 0 aromatic heterocycles. The van der Waals surface area contributed by atoms with Crippen LogP contribution in [0.15, 0.2) is 0 Å². The molecule has 0 aromatic carbocycles. The maximum atomic E-state index is 11.4. The van der Waals surface area contributed by atoms with Gasteiger partial charge in [0.1, 0.15) is 0 Å². The summed E-state index contributed by atoms with van der Waals surface area (Å²) >= 11 is 0. The molecule has 4 rings (SSSR count). The first-order chi connectivity index (χ1) is 6.51. The monoisotopic (exact) mass is 194 g/mol. The van der Waals surface area contributed by atoms with Crippen molar-refractivity contribution < 1.29 is 9.90 Å². The highest BCUT2D eigenvalue weighted by molar-refractivity contribution is 5.75. The van der Waals surface area contributed by atoms with E-state index >= 15 is 0 Å². The summed E-state index contributed by atoms with van der Waals surface area (Å²) in [6.07, 6.45) is 6.77. The van der Waals surface area contributed by atoms with Gasteiger partial charge in [-0.1, -0.05) is 6.92 Å². The van der Waals surface area contributed by atoms with Crippen LogP contribution in [0.25, 0.3) is 0 Å². The minimum Gasteiger partial charge on any atom is -0.481 e. The fourth-order valence-electron chi connectivity index (χ4n) is 4.97. The van der Waals surface area contributed by atoms with Crippen LogP contribution in [0.5, 0.6) is 0 Å². The molecule has 1 N–H and O–H groups in total. The van der Waals surface area contributed by atoms with Crippen LogP contribution in [-0.4, -0.2) is 11.1 Å². The number of hydrogen-bond donors (Lipinski definition) is 1. The van der Waals surface area contributed by atoms with Gasteiger partial charge in [0.25, 0.3) is 0 Å². The van der Waals surface area contributed by atoms with Crippen LogP contribution in [0.4, 0.5) is 0 Å². The summed E-state index contributed by atoms with van der Waals surface area (Å²) in [7, 11) is 0. The van der Waals surface area contributed by atoms with E-state index in [0.29, 0.717) is 5.41 Å². The molecule has 4 saturated carbocycles. The molecule has 0 saturated heterocycles. The number of aliphatic carboxylic acids is 1. The minimum absolute atomic E-state index is 0.321. The molecule has 0 spiro atoms. The van der Waals surface area contributed by atoms with Crippen LogP contribution in [0.1, 0.15) is 45.4 Å². The van der Waals surface area contributed by atoms with Crippen molar-refractivity contribution in [3.05, 3.63) is 0 Å². The highest BCUT2D eigenvalue weighted by atomic mass is 16.4. The smallest absolute Gasteiger partial charge is 0.309 e. The van der Waals surface area contributed by atoms with E-state index in [1.807, 2.05) is 0 Å². The highest BCUT2D eigenvalue weighted by Gasteiger charge is 2.58. The molecule has 4 bridgehead atoms. The average molecular weight is 194 g/mol. The Kier molecular flexibility index (Phi) is 1.46. The second kappa shape index (κ2) is 2.34. The molecule has 0 heterocycles. The van der Waals surface area contributed by atoms with Crippen molar-refractivity contribution >= 4 is 5.97 Å². The molecular weight excluding hydrogens is 176 g/mol. The third kappa shape index (κ3) is 0.999. The van der Waals surface area contributed by atoms with E-state index in [-0.39, 0.29) is 5.41 Å². The molecular formula is C12H18O2. The SMILES string of the molecule is CC12C[C@@H]3C[C@@H](C1)CC(C(=O)O)(C3)C2. The van der Waals surface area contributed by atoms with E-state index in [4.69, 9.17) is 0 Å². The molecule has 2 heteroatoms. The van der Waals surface area contributed by atoms with Crippen LogP contribution >= 0.6 is 0 Å². The molecule has 4 aliphatic rings. The molecule has 14 heavy (non-hydrogen) atoms. The number of rotatable bonds is 1. The molecule has 0 aliphatic heterocycles. The Labute approximate surface area is 84.7 Å². The van der Waals surface area contributed by atoms with Gasteiger partial charge in [-0.05, 0) is 55.8 Å².